The first-order valence-corrected chi connectivity index (χ1v) is 13.0. The smallest absolute Gasteiger partial charge is 0.151 e. The maximum atomic E-state index is 13.7. The van der Waals surface area contributed by atoms with Crippen LogP contribution in [0, 0.1) is 5.82 Å². The zero-order valence-electron chi connectivity index (χ0n) is 21.9. The van der Waals surface area contributed by atoms with E-state index >= 15 is 0 Å². The molecule has 0 saturated heterocycles. The second-order valence-corrected chi connectivity index (χ2v) is 10.3. The lowest BCUT2D eigenvalue weighted by molar-refractivity contribution is -0.0533. The van der Waals surface area contributed by atoms with Crippen molar-refractivity contribution >= 4 is 10.9 Å². The summed E-state index contributed by atoms with van der Waals surface area (Å²) >= 11 is 0. The summed E-state index contributed by atoms with van der Waals surface area (Å²) in [6.07, 6.45) is 3.82. The topological polar surface area (TPSA) is 78.4 Å². The number of hydrogen-bond donors (Lipinski definition) is 1. The minimum Gasteiger partial charge on any atom is -0.494 e. The third kappa shape index (κ3) is 4.70. The Morgan fingerprint density at radius 1 is 1.08 bits per heavy atom. The van der Waals surface area contributed by atoms with E-state index in [0.29, 0.717) is 37.1 Å². The Kier molecular flexibility index (Phi) is 6.45. The van der Waals surface area contributed by atoms with Gasteiger partial charge < -0.3 is 14.2 Å². The lowest BCUT2D eigenvalue weighted by Gasteiger charge is -2.23. The minimum absolute atomic E-state index is 0.288. The molecule has 0 radical (unpaired) electrons. The number of fused-ring (bicyclic) bond motifs is 2. The van der Waals surface area contributed by atoms with Crippen LogP contribution in [0.1, 0.15) is 48.2 Å². The number of halogens is 1. The monoisotopic (exact) mass is 514 g/mol. The van der Waals surface area contributed by atoms with Crippen LogP contribution in [-0.4, -0.2) is 42.7 Å². The molecular formula is C30H31FN4O3. The molecule has 38 heavy (non-hydrogen) atoms. The van der Waals surface area contributed by atoms with Crippen LogP contribution in [0.2, 0.25) is 0 Å². The molecule has 0 spiro atoms. The summed E-state index contributed by atoms with van der Waals surface area (Å²) < 4.78 is 31.6. The molecule has 0 bridgehead atoms. The number of benzene rings is 2. The van der Waals surface area contributed by atoms with Gasteiger partial charge in [-0.1, -0.05) is 0 Å². The Balaban J connectivity index is 1.35. The Morgan fingerprint density at radius 2 is 1.89 bits per heavy atom. The van der Waals surface area contributed by atoms with Crippen LogP contribution in [0.25, 0.3) is 22.2 Å². The van der Waals surface area contributed by atoms with Crippen molar-refractivity contribution < 1.29 is 18.6 Å². The summed E-state index contributed by atoms with van der Waals surface area (Å²) in [6.45, 7) is 2.81. The number of pyridine rings is 1. The van der Waals surface area contributed by atoms with Gasteiger partial charge in [0.25, 0.3) is 0 Å². The summed E-state index contributed by atoms with van der Waals surface area (Å²) in [7, 11) is 3.51. The number of nitrogens with zero attached hydrogens (tertiary/aromatic N) is 3. The van der Waals surface area contributed by atoms with Crippen molar-refractivity contribution in [2.24, 2.45) is 0 Å². The largest absolute Gasteiger partial charge is 0.494 e. The first-order chi connectivity index (χ1) is 18.5. The zero-order chi connectivity index (χ0) is 26.3. The Labute approximate surface area is 221 Å². The molecule has 1 N–H and O–H groups in total. The second kappa shape index (κ2) is 9.93. The van der Waals surface area contributed by atoms with Crippen LogP contribution in [0.5, 0.6) is 11.5 Å². The Hall–Kier alpha value is -3.62. The summed E-state index contributed by atoms with van der Waals surface area (Å²) in [5.41, 5.74) is 5.74. The average molecular weight is 515 g/mol. The van der Waals surface area contributed by atoms with Crippen molar-refractivity contribution in [2.45, 2.75) is 44.1 Å². The van der Waals surface area contributed by atoms with E-state index in [2.05, 4.69) is 33.7 Å². The summed E-state index contributed by atoms with van der Waals surface area (Å²) in [4.78, 5) is 4.98. The van der Waals surface area contributed by atoms with Gasteiger partial charge in [-0.2, -0.15) is 5.10 Å². The normalized spacial score (nSPS) is 18.4. The number of aryl methyl sites for hydroxylation is 2. The first-order valence-electron chi connectivity index (χ1n) is 13.0. The fraction of sp³-hybridized carbons (Fsp3) is 0.367. The maximum absolute atomic E-state index is 13.7. The second-order valence-electron chi connectivity index (χ2n) is 10.3. The maximum Gasteiger partial charge on any atom is 0.151 e. The highest BCUT2D eigenvalue weighted by molar-refractivity contribution is 5.85. The molecule has 6 rings (SSSR count). The van der Waals surface area contributed by atoms with E-state index in [1.807, 2.05) is 20.0 Å². The molecule has 2 aromatic heterocycles. The predicted molar refractivity (Wildman–Crippen MR) is 143 cm³/mol. The molecule has 1 aliphatic heterocycles. The van der Waals surface area contributed by atoms with Crippen LogP contribution in [0.3, 0.4) is 0 Å². The molecular weight excluding hydrogens is 483 g/mol. The molecule has 1 fully saturated rings. The van der Waals surface area contributed by atoms with Crippen molar-refractivity contribution in [3.8, 4) is 22.8 Å². The molecule has 0 amide bonds. The first kappa shape index (κ1) is 24.7. The SMILES string of the molecule is CNCOC1(C)COc2c1cc(CCc1cc(OC)c3nnc(C4CC4)cc3c1)nc2-c1ccc(F)cc1. The van der Waals surface area contributed by atoms with Gasteiger partial charge in [0.15, 0.2) is 5.75 Å². The number of aromatic nitrogens is 3. The number of methoxy groups -OCH3 is 1. The third-order valence-electron chi connectivity index (χ3n) is 7.36. The lowest BCUT2D eigenvalue weighted by Crippen LogP contribution is -2.31. The van der Waals surface area contributed by atoms with Gasteiger partial charge in [0.1, 0.15) is 35.0 Å². The van der Waals surface area contributed by atoms with Crippen LogP contribution >= 0.6 is 0 Å². The molecule has 196 valence electrons. The van der Waals surface area contributed by atoms with Crippen LogP contribution in [0.15, 0.2) is 48.5 Å². The van der Waals surface area contributed by atoms with Gasteiger partial charge in [-0.3, -0.25) is 5.32 Å². The van der Waals surface area contributed by atoms with E-state index in [-0.39, 0.29) is 5.82 Å². The minimum atomic E-state index is -0.616. The van der Waals surface area contributed by atoms with Crippen molar-refractivity contribution in [2.75, 3.05) is 27.5 Å². The van der Waals surface area contributed by atoms with Crippen LogP contribution in [-0.2, 0) is 23.2 Å². The molecule has 2 aromatic carbocycles. The van der Waals surface area contributed by atoms with E-state index in [0.717, 1.165) is 51.2 Å². The quantitative estimate of drug-likeness (QED) is 0.304. The van der Waals surface area contributed by atoms with Crippen molar-refractivity contribution in [3.63, 3.8) is 0 Å². The van der Waals surface area contributed by atoms with Gasteiger partial charge in [0.05, 0.1) is 19.5 Å². The Morgan fingerprint density at radius 3 is 2.63 bits per heavy atom. The molecule has 1 saturated carbocycles. The molecule has 1 unspecified atom stereocenters. The fourth-order valence-electron chi connectivity index (χ4n) is 5.05. The standard InChI is InChI=1S/C30H31FN4O3/c1-30(38-17-32-2)16-37-29-24(30)15-23(33-28(29)20-7-9-22(31)10-8-20)11-4-18-12-21-14-25(19-5-6-19)34-35-27(21)26(13-18)36-3/h7-10,12-15,19,32H,4-6,11,16-17H2,1-3H3. The molecule has 3 heterocycles. The van der Waals surface area contributed by atoms with Gasteiger partial charge in [0, 0.05) is 28.1 Å². The van der Waals surface area contributed by atoms with Crippen molar-refractivity contribution in [1.82, 2.24) is 20.5 Å². The third-order valence-corrected chi connectivity index (χ3v) is 7.36. The molecule has 2 aliphatic rings. The van der Waals surface area contributed by atoms with Gasteiger partial charge >= 0.3 is 0 Å². The average Bonchev–Trinajstić information content (AvgIpc) is 3.74. The van der Waals surface area contributed by atoms with E-state index in [1.165, 1.54) is 25.0 Å². The highest BCUT2D eigenvalue weighted by Crippen LogP contribution is 2.45. The van der Waals surface area contributed by atoms with Gasteiger partial charge in [0.2, 0.25) is 0 Å². The van der Waals surface area contributed by atoms with E-state index in [1.54, 1.807) is 19.2 Å². The molecule has 4 aromatic rings. The number of nitrogens with one attached hydrogen (secondary N) is 1. The van der Waals surface area contributed by atoms with E-state index < -0.39 is 5.60 Å². The number of rotatable bonds is 9. The number of hydrogen-bond acceptors (Lipinski definition) is 7. The van der Waals surface area contributed by atoms with Gasteiger partial charge in [-0.15, -0.1) is 5.10 Å². The van der Waals surface area contributed by atoms with Crippen molar-refractivity contribution in [3.05, 3.63) is 76.9 Å². The Bertz CT molecular complexity index is 1490. The molecule has 1 atom stereocenters. The predicted octanol–water partition coefficient (Wildman–Crippen LogP) is 5.30. The van der Waals surface area contributed by atoms with Gasteiger partial charge in [-0.25, -0.2) is 9.37 Å². The van der Waals surface area contributed by atoms with Crippen LogP contribution < -0.4 is 14.8 Å². The van der Waals surface area contributed by atoms with Crippen molar-refractivity contribution in [1.29, 1.82) is 0 Å². The summed E-state index contributed by atoms with van der Waals surface area (Å²) in [5, 5.41) is 13.0. The summed E-state index contributed by atoms with van der Waals surface area (Å²) in [6, 6.07) is 14.8. The molecule has 1 aliphatic carbocycles. The zero-order valence-corrected chi connectivity index (χ0v) is 21.9. The lowest BCUT2D eigenvalue weighted by atomic mass is 9.94. The van der Waals surface area contributed by atoms with E-state index in [4.69, 9.17) is 19.2 Å². The molecule has 8 heteroatoms. The highest BCUT2D eigenvalue weighted by Gasteiger charge is 2.40. The molecule has 7 nitrogen and oxygen atoms in total. The highest BCUT2D eigenvalue weighted by atomic mass is 19.1. The van der Waals surface area contributed by atoms with E-state index in [9.17, 15) is 4.39 Å². The van der Waals surface area contributed by atoms with Gasteiger partial charge in [-0.05, 0) is 93.7 Å². The van der Waals surface area contributed by atoms with Crippen LogP contribution in [0.4, 0.5) is 4.39 Å². The fourth-order valence-corrected chi connectivity index (χ4v) is 5.05. The number of ether oxygens (including phenoxy) is 3. The summed E-state index contributed by atoms with van der Waals surface area (Å²) in [5.74, 6) is 1.66.